The summed E-state index contributed by atoms with van der Waals surface area (Å²) < 4.78 is 32.3. The Labute approximate surface area is 99.9 Å². The van der Waals surface area contributed by atoms with Gasteiger partial charge in [0, 0.05) is 0 Å². The zero-order valence-corrected chi connectivity index (χ0v) is 9.81. The second kappa shape index (κ2) is 5.60. The van der Waals surface area contributed by atoms with E-state index in [2.05, 4.69) is 11.9 Å². The number of hydrogen-bond acceptors (Lipinski definition) is 4. The number of nitrogens with one attached hydrogen (secondary N) is 1. The van der Waals surface area contributed by atoms with Gasteiger partial charge in [0.05, 0.1) is 21.9 Å². The molecule has 0 bridgehead atoms. The van der Waals surface area contributed by atoms with Crippen LogP contribution >= 0.6 is 0 Å². The zero-order chi connectivity index (χ0) is 12.9. The SMILES string of the molecule is C=CC(=O)NC(CS(=O)(=O)[O-])c1ccccc1. The van der Waals surface area contributed by atoms with Crippen molar-refractivity contribution in [2.45, 2.75) is 6.04 Å². The molecule has 0 radical (unpaired) electrons. The molecule has 1 atom stereocenters. The van der Waals surface area contributed by atoms with Gasteiger partial charge in [-0.05, 0) is 11.6 Å². The summed E-state index contributed by atoms with van der Waals surface area (Å²) in [6.07, 6.45) is 1.02. The number of rotatable bonds is 5. The molecule has 6 heteroatoms. The molecule has 0 saturated heterocycles. The molecule has 0 aliphatic heterocycles. The monoisotopic (exact) mass is 254 g/mol. The lowest BCUT2D eigenvalue weighted by Gasteiger charge is -2.20. The molecule has 1 unspecified atom stereocenters. The van der Waals surface area contributed by atoms with Gasteiger partial charge in [0.25, 0.3) is 0 Å². The van der Waals surface area contributed by atoms with Crippen molar-refractivity contribution >= 4 is 16.0 Å². The van der Waals surface area contributed by atoms with Crippen LogP contribution < -0.4 is 5.32 Å². The van der Waals surface area contributed by atoms with Crippen molar-refractivity contribution in [2.24, 2.45) is 0 Å². The minimum absolute atomic E-state index is 0.525. The molecule has 1 N–H and O–H groups in total. The highest BCUT2D eigenvalue weighted by atomic mass is 32.2. The third-order valence-electron chi connectivity index (χ3n) is 2.07. The summed E-state index contributed by atoms with van der Waals surface area (Å²) >= 11 is 0. The van der Waals surface area contributed by atoms with Crippen LogP contribution in [-0.2, 0) is 14.9 Å². The lowest BCUT2D eigenvalue weighted by Crippen LogP contribution is -2.31. The van der Waals surface area contributed by atoms with E-state index in [4.69, 9.17) is 0 Å². The van der Waals surface area contributed by atoms with E-state index in [1.54, 1.807) is 30.3 Å². The standard InChI is InChI=1S/C11H13NO4S/c1-2-11(13)12-10(8-17(14,15)16)9-6-4-3-5-7-9/h2-7,10H,1,8H2,(H,12,13)(H,14,15,16)/p-1. The van der Waals surface area contributed by atoms with Crippen LogP contribution in [0.1, 0.15) is 11.6 Å². The molecule has 1 aromatic rings. The van der Waals surface area contributed by atoms with Gasteiger partial charge in [-0.15, -0.1) is 0 Å². The Balaban J connectivity index is 2.94. The molecule has 0 aromatic heterocycles. The maximum absolute atomic E-state index is 11.2. The fourth-order valence-electron chi connectivity index (χ4n) is 1.34. The van der Waals surface area contributed by atoms with Gasteiger partial charge in [0.2, 0.25) is 5.91 Å². The number of amides is 1. The molecular weight excluding hydrogens is 242 g/mol. The van der Waals surface area contributed by atoms with Crippen molar-refractivity contribution in [2.75, 3.05) is 5.75 Å². The largest absolute Gasteiger partial charge is 0.748 e. The van der Waals surface area contributed by atoms with Gasteiger partial charge < -0.3 is 9.87 Å². The highest BCUT2D eigenvalue weighted by Crippen LogP contribution is 2.14. The first kappa shape index (κ1) is 13.4. The molecule has 0 spiro atoms. The summed E-state index contributed by atoms with van der Waals surface area (Å²) in [5, 5.41) is 2.40. The number of hydrogen-bond donors (Lipinski definition) is 1. The van der Waals surface area contributed by atoms with Crippen molar-refractivity contribution in [3.8, 4) is 0 Å². The fourth-order valence-corrected chi connectivity index (χ4v) is 2.03. The van der Waals surface area contributed by atoms with Crippen LogP contribution in [0.15, 0.2) is 43.0 Å². The number of carbonyl (C=O) groups excluding carboxylic acids is 1. The Morgan fingerprint density at radius 3 is 2.47 bits per heavy atom. The van der Waals surface area contributed by atoms with Crippen LogP contribution in [0, 0.1) is 0 Å². The van der Waals surface area contributed by atoms with E-state index in [0.717, 1.165) is 6.08 Å². The molecule has 92 valence electrons. The second-order valence-electron chi connectivity index (χ2n) is 3.40. The van der Waals surface area contributed by atoms with E-state index < -0.39 is 27.8 Å². The summed E-state index contributed by atoms with van der Waals surface area (Å²) in [7, 11) is -4.42. The third kappa shape index (κ3) is 4.80. The van der Waals surface area contributed by atoms with Crippen molar-refractivity contribution in [3.05, 3.63) is 48.6 Å². The molecule has 0 aliphatic rings. The van der Waals surface area contributed by atoms with Crippen molar-refractivity contribution < 1.29 is 17.8 Å². The van der Waals surface area contributed by atoms with Crippen LogP contribution in [0.3, 0.4) is 0 Å². The van der Waals surface area contributed by atoms with Crippen molar-refractivity contribution in [1.82, 2.24) is 5.32 Å². The van der Waals surface area contributed by atoms with Crippen LogP contribution in [0.4, 0.5) is 0 Å². The molecule has 1 rings (SSSR count). The molecule has 1 amide bonds. The molecule has 0 fully saturated rings. The first-order valence-corrected chi connectivity index (χ1v) is 6.41. The predicted molar refractivity (Wildman–Crippen MR) is 62.1 cm³/mol. The lowest BCUT2D eigenvalue weighted by atomic mass is 10.1. The Bertz CT molecular complexity index is 495. The molecule has 1 aromatic carbocycles. The van der Waals surface area contributed by atoms with Crippen molar-refractivity contribution in [3.63, 3.8) is 0 Å². The molecule has 0 heterocycles. The maximum atomic E-state index is 11.2. The molecule has 17 heavy (non-hydrogen) atoms. The maximum Gasteiger partial charge on any atom is 0.243 e. The van der Waals surface area contributed by atoms with Crippen LogP contribution in [0.2, 0.25) is 0 Å². The van der Waals surface area contributed by atoms with E-state index in [1.807, 2.05) is 0 Å². The normalized spacial score (nSPS) is 12.8. The lowest BCUT2D eigenvalue weighted by molar-refractivity contribution is -0.117. The Kier molecular flexibility index (Phi) is 4.42. The van der Waals surface area contributed by atoms with E-state index >= 15 is 0 Å². The van der Waals surface area contributed by atoms with Gasteiger partial charge in [-0.2, -0.15) is 0 Å². The first-order chi connectivity index (χ1) is 7.92. The number of benzene rings is 1. The molecular formula is C11H12NO4S-. The van der Waals surface area contributed by atoms with Crippen LogP contribution in [-0.4, -0.2) is 24.6 Å². The molecule has 0 aliphatic carbocycles. The minimum Gasteiger partial charge on any atom is -0.748 e. The smallest absolute Gasteiger partial charge is 0.243 e. The Morgan fingerprint density at radius 1 is 1.41 bits per heavy atom. The summed E-state index contributed by atoms with van der Waals surface area (Å²) in [5.41, 5.74) is 0.558. The molecule has 5 nitrogen and oxygen atoms in total. The minimum atomic E-state index is -4.42. The van der Waals surface area contributed by atoms with Gasteiger partial charge in [-0.25, -0.2) is 8.42 Å². The topological polar surface area (TPSA) is 86.3 Å². The van der Waals surface area contributed by atoms with Crippen LogP contribution in [0.25, 0.3) is 0 Å². The first-order valence-electron chi connectivity index (χ1n) is 4.84. The van der Waals surface area contributed by atoms with E-state index in [0.29, 0.717) is 5.56 Å². The highest BCUT2D eigenvalue weighted by molar-refractivity contribution is 7.85. The Hall–Kier alpha value is -1.66. The average Bonchev–Trinajstić information content (AvgIpc) is 2.27. The Morgan fingerprint density at radius 2 is 2.00 bits per heavy atom. The van der Waals surface area contributed by atoms with Crippen molar-refractivity contribution in [1.29, 1.82) is 0 Å². The highest BCUT2D eigenvalue weighted by Gasteiger charge is 2.15. The van der Waals surface area contributed by atoms with Crippen LogP contribution in [0.5, 0.6) is 0 Å². The van der Waals surface area contributed by atoms with Gasteiger partial charge in [0.15, 0.2) is 0 Å². The van der Waals surface area contributed by atoms with E-state index in [1.165, 1.54) is 0 Å². The number of carbonyl (C=O) groups is 1. The average molecular weight is 254 g/mol. The summed E-state index contributed by atoms with van der Waals surface area (Å²) in [4.78, 5) is 11.2. The van der Waals surface area contributed by atoms with E-state index in [9.17, 15) is 17.8 Å². The third-order valence-corrected chi connectivity index (χ3v) is 2.82. The van der Waals surface area contributed by atoms with E-state index in [-0.39, 0.29) is 0 Å². The fraction of sp³-hybridized carbons (Fsp3) is 0.182. The van der Waals surface area contributed by atoms with Gasteiger partial charge in [-0.1, -0.05) is 36.9 Å². The summed E-state index contributed by atoms with van der Waals surface area (Å²) in [6.45, 7) is 3.26. The quantitative estimate of drug-likeness (QED) is 0.615. The predicted octanol–water partition coefficient (Wildman–Crippen LogP) is 0.575. The van der Waals surface area contributed by atoms with Gasteiger partial charge >= 0.3 is 0 Å². The van der Waals surface area contributed by atoms with Gasteiger partial charge in [0.1, 0.15) is 0 Å². The summed E-state index contributed by atoms with van der Waals surface area (Å²) in [6, 6.07) is 7.56. The molecule has 0 saturated carbocycles. The summed E-state index contributed by atoms with van der Waals surface area (Å²) in [5.74, 6) is -1.21. The van der Waals surface area contributed by atoms with Gasteiger partial charge in [-0.3, -0.25) is 4.79 Å². The second-order valence-corrected chi connectivity index (χ2v) is 4.85. The zero-order valence-electron chi connectivity index (χ0n) is 9.00.